The van der Waals surface area contributed by atoms with Gasteiger partial charge in [0.25, 0.3) is 5.91 Å². The average molecular weight is 304 g/mol. The summed E-state index contributed by atoms with van der Waals surface area (Å²) in [6.07, 6.45) is 0. The van der Waals surface area contributed by atoms with Crippen LogP contribution in [0.25, 0.3) is 0 Å². The van der Waals surface area contributed by atoms with Gasteiger partial charge in [0.2, 0.25) is 0 Å². The topological polar surface area (TPSA) is 75.7 Å². The standard InChI is InChI=1S/C16H20N2O4/c1-16(2,3)11-7-5-6-10(8-11)13(19)18-9-12(14(20)22-4)17-15(18)21/h5-8,12H,9H2,1-4H3,(H,17,21)/t12-/m0/s1. The molecule has 6 heteroatoms. The third-order valence-corrected chi connectivity index (χ3v) is 3.61. The second kappa shape index (κ2) is 5.79. The Morgan fingerprint density at radius 2 is 2.00 bits per heavy atom. The molecule has 0 radical (unpaired) electrons. The zero-order valence-electron chi connectivity index (χ0n) is 13.2. The maximum Gasteiger partial charge on any atom is 0.330 e. The smallest absolute Gasteiger partial charge is 0.330 e. The van der Waals surface area contributed by atoms with Gasteiger partial charge in [0.05, 0.1) is 13.7 Å². The lowest BCUT2D eigenvalue weighted by atomic mass is 9.86. The van der Waals surface area contributed by atoms with E-state index in [0.29, 0.717) is 5.56 Å². The number of nitrogens with zero attached hydrogens (tertiary/aromatic N) is 1. The Labute approximate surface area is 129 Å². The summed E-state index contributed by atoms with van der Waals surface area (Å²) < 4.78 is 4.59. The summed E-state index contributed by atoms with van der Waals surface area (Å²) in [7, 11) is 1.24. The SMILES string of the molecule is COC(=O)[C@@H]1CN(C(=O)c2cccc(C(C)(C)C)c2)C(=O)N1. The molecular weight excluding hydrogens is 284 g/mol. The molecule has 3 amide bonds. The van der Waals surface area contributed by atoms with Crippen LogP contribution < -0.4 is 5.32 Å². The highest BCUT2D eigenvalue weighted by atomic mass is 16.5. The number of benzene rings is 1. The van der Waals surface area contributed by atoms with Gasteiger partial charge in [-0.3, -0.25) is 9.69 Å². The molecule has 1 aromatic rings. The summed E-state index contributed by atoms with van der Waals surface area (Å²) in [6.45, 7) is 6.12. The van der Waals surface area contributed by atoms with Gasteiger partial charge in [-0.1, -0.05) is 32.9 Å². The number of amides is 3. The number of rotatable bonds is 2. The Morgan fingerprint density at radius 3 is 2.59 bits per heavy atom. The highest BCUT2D eigenvalue weighted by Crippen LogP contribution is 2.23. The van der Waals surface area contributed by atoms with Crippen LogP contribution in [0.4, 0.5) is 4.79 Å². The van der Waals surface area contributed by atoms with Crippen molar-refractivity contribution in [3.05, 3.63) is 35.4 Å². The number of ether oxygens (including phenoxy) is 1. The van der Waals surface area contributed by atoms with E-state index >= 15 is 0 Å². The van der Waals surface area contributed by atoms with E-state index in [1.54, 1.807) is 18.2 Å². The molecule has 0 aliphatic carbocycles. The Balaban J connectivity index is 2.22. The van der Waals surface area contributed by atoms with Crippen molar-refractivity contribution >= 4 is 17.9 Å². The fourth-order valence-electron chi connectivity index (χ4n) is 2.26. The van der Waals surface area contributed by atoms with Gasteiger partial charge >= 0.3 is 12.0 Å². The van der Waals surface area contributed by atoms with Gasteiger partial charge in [-0.05, 0) is 23.1 Å². The summed E-state index contributed by atoms with van der Waals surface area (Å²) in [5.74, 6) is -0.984. The number of nitrogens with one attached hydrogen (secondary N) is 1. The number of imide groups is 1. The second-order valence-electron chi connectivity index (χ2n) is 6.27. The zero-order chi connectivity index (χ0) is 16.5. The van der Waals surface area contributed by atoms with E-state index in [2.05, 4.69) is 10.1 Å². The first-order valence-electron chi connectivity index (χ1n) is 7.05. The van der Waals surface area contributed by atoms with E-state index in [1.165, 1.54) is 7.11 Å². The van der Waals surface area contributed by atoms with Crippen LogP contribution >= 0.6 is 0 Å². The first-order chi connectivity index (χ1) is 10.2. The summed E-state index contributed by atoms with van der Waals surface area (Å²) >= 11 is 0. The summed E-state index contributed by atoms with van der Waals surface area (Å²) in [5.41, 5.74) is 1.33. The lowest BCUT2D eigenvalue weighted by molar-refractivity contribution is -0.142. The Kier molecular flexibility index (Phi) is 4.21. The minimum Gasteiger partial charge on any atom is -0.467 e. The molecule has 6 nitrogen and oxygen atoms in total. The zero-order valence-corrected chi connectivity index (χ0v) is 13.2. The van der Waals surface area contributed by atoms with Crippen LogP contribution in [-0.2, 0) is 14.9 Å². The first-order valence-corrected chi connectivity index (χ1v) is 7.05. The van der Waals surface area contributed by atoms with Crippen LogP contribution in [0.3, 0.4) is 0 Å². The van der Waals surface area contributed by atoms with E-state index in [4.69, 9.17) is 0 Å². The molecule has 1 heterocycles. The van der Waals surface area contributed by atoms with Crippen LogP contribution in [0.1, 0.15) is 36.7 Å². The van der Waals surface area contributed by atoms with Crippen LogP contribution in [0, 0.1) is 0 Å². The van der Waals surface area contributed by atoms with Gasteiger partial charge in [0.1, 0.15) is 6.04 Å². The molecule has 1 fully saturated rings. The van der Waals surface area contributed by atoms with Crippen LogP contribution in [-0.4, -0.2) is 42.5 Å². The molecule has 0 unspecified atom stereocenters. The number of carbonyl (C=O) groups excluding carboxylic acids is 3. The fraction of sp³-hybridized carbons (Fsp3) is 0.438. The van der Waals surface area contributed by atoms with Crippen molar-refractivity contribution in [1.82, 2.24) is 10.2 Å². The van der Waals surface area contributed by atoms with Crippen molar-refractivity contribution in [1.29, 1.82) is 0 Å². The lowest BCUT2D eigenvalue weighted by Gasteiger charge is -2.20. The monoisotopic (exact) mass is 304 g/mol. The molecule has 1 aromatic carbocycles. The number of esters is 1. The molecule has 118 valence electrons. The van der Waals surface area contributed by atoms with Crippen molar-refractivity contribution in [2.45, 2.75) is 32.2 Å². The summed E-state index contributed by atoms with van der Waals surface area (Å²) in [5, 5.41) is 2.44. The molecule has 0 spiro atoms. The number of hydrogen-bond donors (Lipinski definition) is 1. The van der Waals surface area contributed by atoms with Gasteiger partial charge in [-0.15, -0.1) is 0 Å². The fourth-order valence-corrected chi connectivity index (χ4v) is 2.26. The number of hydrogen-bond acceptors (Lipinski definition) is 4. The third-order valence-electron chi connectivity index (χ3n) is 3.61. The predicted molar refractivity (Wildman–Crippen MR) is 80.5 cm³/mol. The van der Waals surface area contributed by atoms with Crippen molar-refractivity contribution in [2.75, 3.05) is 13.7 Å². The third kappa shape index (κ3) is 3.10. The van der Waals surface area contributed by atoms with Crippen LogP contribution in [0.5, 0.6) is 0 Å². The lowest BCUT2D eigenvalue weighted by Crippen LogP contribution is -2.35. The van der Waals surface area contributed by atoms with E-state index in [1.807, 2.05) is 26.8 Å². The molecule has 1 aliphatic heterocycles. The van der Waals surface area contributed by atoms with Gasteiger partial charge in [-0.25, -0.2) is 9.59 Å². The van der Waals surface area contributed by atoms with Gasteiger partial charge in [-0.2, -0.15) is 0 Å². The highest BCUT2D eigenvalue weighted by molar-refractivity contribution is 6.06. The highest BCUT2D eigenvalue weighted by Gasteiger charge is 2.38. The average Bonchev–Trinajstić information content (AvgIpc) is 2.87. The first kappa shape index (κ1) is 16.0. The molecule has 1 aliphatic rings. The molecule has 2 rings (SSSR count). The predicted octanol–water partition coefficient (Wildman–Crippen LogP) is 1.69. The normalized spacial score (nSPS) is 18.1. The second-order valence-corrected chi connectivity index (χ2v) is 6.27. The Bertz CT molecular complexity index is 619. The quantitative estimate of drug-likeness (QED) is 0.844. The minimum atomic E-state index is -0.813. The molecule has 0 saturated carbocycles. The van der Waals surface area contributed by atoms with Crippen LogP contribution in [0.2, 0.25) is 0 Å². The number of carbonyl (C=O) groups is 3. The summed E-state index contributed by atoms with van der Waals surface area (Å²) in [4.78, 5) is 36.9. The molecule has 1 N–H and O–H groups in total. The molecule has 22 heavy (non-hydrogen) atoms. The maximum atomic E-state index is 12.5. The molecule has 1 saturated heterocycles. The Morgan fingerprint density at radius 1 is 1.32 bits per heavy atom. The molecule has 1 atom stereocenters. The largest absolute Gasteiger partial charge is 0.467 e. The van der Waals surface area contributed by atoms with Crippen molar-refractivity contribution in [3.63, 3.8) is 0 Å². The minimum absolute atomic E-state index is 0.0237. The van der Waals surface area contributed by atoms with Crippen LogP contribution in [0.15, 0.2) is 24.3 Å². The number of methoxy groups -OCH3 is 1. The van der Waals surface area contributed by atoms with E-state index in [0.717, 1.165) is 10.5 Å². The van der Waals surface area contributed by atoms with E-state index in [9.17, 15) is 14.4 Å². The van der Waals surface area contributed by atoms with Gasteiger partial charge in [0, 0.05) is 5.56 Å². The molecular formula is C16H20N2O4. The molecule has 0 aromatic heterocycles. The maximum absolute atomic E-state index is 12.5. The molecule has 0 bridgehead atoms. The van der Waals surface area contributed by atoms with E-state index < -0.39 is 23.9 Å². The van der Waals surface area contributed by atoms with Gasteiger partial charge < -0.3 is 10.1 Å². The Hall–Kier alpha value is -2.37. The van der Waals surface area contributed by atoms with Crippen molar-refractivity contribution in [3.8, 4) is 0 Å². The van der Waals surface area contributed by atoms with E-state index in [-0.39, 0.29) is 12.0 Å². The van der Waals surface area contributed by atoms with Crippen molar-refractivity contribution in [2.24, 2.45) is 0 Å². The van der Waals surface area contributed by atoms with Gasteiger partial charge in [0.15, 0.2) is 0 Å². The summed E-state index contributed by atoms with van der Waals surface area (Å²) in [6, 6.07) is 5.78. The van der Waals surface area contributed by atoms with Crippen molar-refractivity contribution < 1.29 is 19.1 Å². The number of urea groups is 1.